The molecule has 0 N–H and O–H groups in total. The summed E-state index contributed by atoms with van der Waals surface area (Å²) in [5.74, 6) is 0.268. The maximum Gasteiger partial charge on any atom is 0.240 e. The fraction of sp³-hybridized carbons (Fsp3) is 0.929. The molecule has 1 aliphatic rings. The van der Waals surface area contributed by atoms with Gasteiger partial charge in [-0.05, 0) is 41.7 Å². The van der Waals surface area contributed by atoms with Crippen LogP contribution in [-0.2, 0) is 4.79 Å². The number of hydrogen-bond acceptors (Lipinski definition) is 3. The van der Waals surface area contributed by atoms with Gasteiger partial charge in [-0.3, -0.25) is 9.69 Å². The van der Waals surface area contributed by atoms with Crippen LogP contribution in [-0.4, -0.2) is 72.0 Å². The van der Waals surface area contributed by atoms with Crippen LogP contribution in [0.25, 0.3) is 0 Å². The lowest BCUT2D eigenvalue weighted by molar-refractivity contribution is -0.140. The highest BCUT2D eigenvalue weighted by atomic mass is 16.2. The minimum atomic E-state index is 0.00324. The van der Waals surface area contributed by atoms with Gasteiger partial charge in [0.2, 0.25) is 5.91 Å². The molecule has 0 aliphatic carbocycles. The number of piperazine rings is 1. The molecular weight excluding hydrogens is 226 g/mol. The van der Waals surface area contributed by atoms with E-state index >= 15 is 0 Å². The van der Waals surface area contributed by atoms with Gasteiger partial charge in [0, 0.05) is 38.3 Å². The quantitative estimate of drug-likeness (QED) is 0.757. The van der Waals surface area contributed by atoms with E-state index in [1.165, 1.54) is 0 Å². The standard InChI is InChI=1S/C14H29N3O/c1-11(2)17(12(3)4)14(18)13(5)16-9-7-15(6)8-10-16/h11-13H,7-10H2,1-6H3/t13-/m0/s1. The van der Waals surface area contributed by atoms with Crippen LogP contribution in [0.15, 0.2) is 0 Å². The van der Waals surface area contributed by atoms with E-state index in [-0.39, 0.29) is 24.0 Å². The Labute approximate surface area is 112 Å². The second-order valence-corrected chi connectivity index (χ2v) is 5.95. The third kappa shape index (κ3) is 3.69. The Hall–Kier alpha value is -0.610. The Kier molecular flexibility index (Phi) is 5.60. The minimum absolute atomic E-state index is 0.00324. The van der Waals surface area contributed by atoms with Gasteiger partial charge in [-0.15, -0.1) is 0 Å². The van der Waals surface area contributed by atoms with Crippen LogP contribution < -0.4 is 0 Å². The van der Waals surface area contributed by atoms with Crippen molar-refractivity contribution in [1.29, 1.82) is 0 Å². The summed E-state index contributed by atoms with van der Waals surface area (Å²) in [6.07, 6.45) is 0. The fourth-order valence-electron chi connectivity index (χ4n) is 2.69. The van der Waals surface area contributed by atoms with Crippen molar-refractivity contribution in [3.8, 4) is 0 Å². The average Bonchev–Trinajstić information content (AvgIpc) is 2.28. The SMILES string of the molecule is CC(C)N(C(=O)[C@H](C)N1CCN(C)CC1)C(C)C. The molecule has 18 heavy (non-hydrogen) atoms. The number of amides is 1. The summed E-state index contributed by atoms with van der Waals surface area (Å²) in [6, 6.07) is 0.545. The summed E-state index contributed by atoms with van der Waals surface area (Å²) >= 11 is 0. The van der Waals surface area contributed by atoms with Gasteiger partial charge in [-0.1, -0.05) is 0 Å². The Morgan fingerprint density at radius 1 is 0.944 bits per heavy atom. The fourth-order valence-corrected chi connectivity index (χ4v) is 2.69. The highest BCUT2D eigenvalue weighted by Crippen LogP contribution is 2.13. The molecule has 106 valence electrons. The smallest absolute Gasteiger partial charge is 0.240 e. The normalized spacial score (nSPS) is 20.4. The molecule has 1 saturated heterocycles. The van der Waals surface area contributed by atoms with E-state index < -0.39 is 0 Å². The van der Waals surface area contributed by atoms with Crippen LogP contribution in [0.1, 0.15) is 34.6 Å². The average molecular weight is 255 g/mol. The first-order chi connectivity index (χ1) is 8.34. The summed E-state index contributed by atoms with van der Waals surface area (Å²) in [6.45, 7) is 14.5. The molecule has 0 aromatic carbocycles. The number of likely N-dealkylation sites (N-methyl/N-ethyl adjacent to an activating group) is 1. The second kappa shape index (κ2) is 6.53. The first kappa shape index (κ1) is 15.4. The Morgan fingerprint density at radius 3 is 1.78 bits per heavy atom. The van der Waals surface area contributed by atoms with Gasteiger partial charge in [0.25, 0.3) is 0 Å². The van der Waals surface area contributed by atoms with Crippen molar-refractivity contribution < 1.29 is 4.79 Å². The topological polar surface area (TPSA) is 26.8 Å². The molecule has 4 heteroatoms. The molecule has 0 aromatic rings. The number of nitrogens with zero attached hydrogens (tertiary/aromatic N) is 3. The maximum absolute atomic E-state index is 12.6. The van der Waals surface area contributed by atoms with Crippen LogP contribution in [0.5, 0.6) is 0 Å². The van der Waals surface area contributed by atoms with Crippen molar-refractivity contribution >= 4 is 5.91 Å². The van der Waals surface area contributed by atoms with Gasteiger partial charge < -0.3 is 9.80 Å². The number of rotatable bonds is 4. The van der Waals surface area contributed by atoms with Crippen molar-refractivity contribution in [1.82, 2.24) is 14.7 Å². The predicted molar refractivity (Wildman–Crippen MR) is 75.7 cm³/mol. The highest BCUT2D eigenvalue weighted by molar-refractivity contribution is 5.82. The van der Waals surface area contributed by atoms with Crippen molar-refractivity contribution in [3.63, 3.8) is 0 Å². The molecule has 1 fully saturated rings. The molecule has 0 spiro atoms. The maximum atomic E-state index is 12.6. The van der Waals surface area contributed by atoms with Gasteiger partial charge in [0.05, 0.1) is 6.04 Å². The second-order valence-electron chi connectivity index (χ2n) is 5.95. The molecular formula is C14H29N3O. The van der Waals surface area contributed by atoms with Crippen LogP contribution >= 0.6 is 0 Å². The van der Waals surface area contributed by atoms with E-state index in [0.717, 1.165) is 26.2 Å². The van der Waals surface area contributed by atoms with E-state index in [9.17, 15) is 4.79 Å². The predicted octanol–water partition coefficient (Wildman–Crippen LogP) is 1.27. The summed E-state index contributed by atoms with van der Waals surface area (Å²) in [7, 11) is 2.14. The first-order valence-corrected chi connectivity index (χ1v) is 7.09. The van der Waals surface area contributed by atoms with Gasteiger partial charge in [-0.2, -0.15) is 0 Å². The lowest BCUT2D eigenvalue weighted by Crippen LogP contribution is -2.56. The van der Waals surface area contributed by atoms with Crippen molar-refractivity contribution in [2.24, 2.45) is 0 Å². The van der Waals surface area contributed by atoms with Crippen molar-refractivity contribution in [3.05, 3.63) is 0 Å². The molecule has 1 rings (SSSR count). The minimum Gasteiger partial charge on any atom is -0.336 e. The van der Waals surface area contributed by atoms with E-state index in [0.29, 0.717) is 0 Å². The lowest BCUT2D eigenvalue weighted by atomic mass is 10.1. The summed E-state index contributed by atoms with van der Waals surface area (Å²) in [5, 5.41) is 0. The Bertz CT molecular complexity index is 262. The zero-order valence-electron chi connectivity index (χ0n) is 12.8. The van der Waals surface area contributed by atoms with Gasteiger partial charge in [0.15, 0.2) is 0 Å². The third-order valence-corrected chi connectivity index (χ3v) is 3.81. The van der Waals surface area contributed by atoms with Crippen LogP contribution in [0, 0.1) is 0 Å². The molecule has 1 heterocycles. The van der Waals surface area contributed by atoms with E-state index in [1.54, 1.807) is 0 Å². The van der Waals surface area contributed by atoms with Crippen LogP contribution in [0.4, 0.5) is 0 Å². The number of hydrogen-bond donors (Lipinski definition) is 0. The van der Waals surface area contributed by atoms with Gasteiger partial charge in [0.1, 0.15) is 0 Å². The largest absolute Gasteiger partial charge is 0.336 e. The summed E-state index contributed by atoms with van der Waals surface area (Å²) < 4.78 is 0. The highest BCUT2D eigenvalue weighted by Gasteiger charge is 2.30. The number of carbonyl (C=O) groups excluding carboxylic acids is 1. The first-order valence-electron chi connectivity index (χ1n) is 7.09. The third-order valence-electron chi connectivity index (χ3n) is 3.81. The van der Waals surface area contributed by atoms with Gasteiger partial charge >= 0.3 is 0 Å². The van der Waals surface area contributed by atoms with E-state index in [4.69, 9.17) is 0 Å². The van der Waals surface area contributed by atoms with E-state index in [1.807, 2.05) is 11.8 Å². The zero-order valence-corrected chi connectivity index (χ0v) is 12.8. The molecule has 0 aromatic heterocycles. The van der Waals surface area contributed by atoms with Crippen LogP contribution in [0.2, 0.25) is 0 Å². The lowest BCUT2D eigenvalue weighted by Gasteiger charge is -2.40. The monoisotopic (exact) mass is 255 g/mol. The van der Waals surface area contributed by atoms with Crippen LogP contribution in [0.3, 0.4) is 0 Å². The molecule has 1 amide bonds. The van der Waals surface area contributed by atoms with Gasteiger partial charge in [-0.25, -0.2) is 0 Å². The molecule has 0 bridgehead atoms. The van der Waals surface area contributed by atoms with Crippen molar-refractivity contribution in [2.75, 3.05) is 33.2 Å². The molecule has 0 unspecified atom stereocenters. The zero-order chi connectivity index (χ0) is 13.9. The molecule has 1 aliphatic heterocycles. The molecule has 1 atom stereocenters. The Morgan fingerprint density at radius 2 is 1.39 bits per heavy atom. The Balaban J connectivity index is 2.64. The molecule has 0 radical (unpaired) electrons. The number of carbonyl (C=O) groups is 1. The molecule has 4 nitrogen and oxygen atoms in total. The summed E-state index contributed by atoms with van der Waals surface area (Å²) in [5.41, 5.74) is 0. The summed E-state index contributed by atoms with van der Waals surface area (Å²) in [4.78, 5) is 19.2. The van der Waals surface area contributed by atoms with Crippen molar-refractivity contribution in [2.45, 2.75) is 52.7 Å². The van der Waals surface area contributed by atoms with E-state index in [2.05, 4.69) is 44.5 Å². The molecule has 0 saturated carbocycles.